The molecule has 20 heteroatoms. The third-order valence-electron chi connectivity index (χ3n) is 24.4. The summed E-state index contributed by atoms with van der Waals surface area (Å²) in [6.07, 6.45) is 0. The predicted octanol–water partition coefficient (Wildman–Crippen LogP) is 28.9. The van der Waals surface area contributed by atoms with Crippen molar-refractivity contribution in [3.8, 4) is 227 Å². The van der Waals surface area contributed by atoms with E-state index in [9.17, 15) is 0 Å². The Morgan fingerprint density at radius 3 is 0.618 bits per heavy atom. The van der Waals surface area contributed by atoms with Crippen LogP contribution in [-0.2, 0) is 0 Å². The van der Waals surface area contributed by atoms with Crippen molar-refractivity contribution in [2.24, 2.45) is 0 Å². The van der Waals surface area contributed by atoms with Crippen molar-refractivity contribution >= 4 is 44.1 Å². The highest BCUT2D eigenvalue weighted by atomic mass is 16.5. The summed E-state index contributed by atoms with van der Waals surface area (Å²) in [5.41, 5.74) is 23.3. The lowest BCUT2D eigenvalue weighted by Gasteiger charge is -2.08. The molecule has 9 heterocycles. The Morgan fingerprint density at radius 1 is 0.147 bits per heavy atom. The summed E-state index contributed by atoms with van der Waals surface area (Å²) in [4.78, 5) is 75.6. The molecule has 0 spiro atoms. The number of aromatic nitrogens is 16. The maximum absolute atomic E-state index is 6.84. The van der Waals surface area contributed by atoms with Gasteiger partial charge in [-0.1, -0.05) is 243 Å². The molecule has 2 aliphatic rings. The fourth-order valence-corrected chi connectivity index (χ4v) is 17.7. The molecular weight excluding hydrogens is 1680 g/mol. The molecule has 23 aromatic rings. The van der Waals surface area contributed by atoms with Crippen molar-refractivity contribution in [1.29, 1.82) is 0 Å². The van der Waals surface area contributed by atoms with Crippen LogP contribution in [-0.4, -0.2) is 79.7 Å². The van der Waals surface area contributed by atoms with E-state index in [0.717, 1.165) is 146 Å². The zero-order valence-electron chi connectivity index (χ0n) is 72.4. The minimum Gasteiger partial charge on any atom is -0.457 e. The number of hydrogen-bond acceptors (Lipinski definition) is 14. The summed E-state index contributed by atoms with van der Waals surface area (Å²) in [5.74, 6) is 8.89. The Hall–Kier alpha value is -19.1. The van der Waals surface area contributed by atoms with Gasteiger partial charge in [0, 0.05) is 111 Å². The van der Waals surface area contributed by atoms with Gasteiger partial charge >= 0.3 is 0 Å². The molecule has 642 valence electrons. The molecule has 0 amide bonds. The lowest BCUT2D eigenvalue weighted by molar-refractivity contribution is 0.483. The molecule has 2 aliphatic heterocycles. The second-order valence-corrected chi connectivity index (χ2v) is 33.1. The van der Waals surface area contributed by atoms with Gasteiger partial charge < -0.3 is 48.9 Å². The molecule has 6 N–H and O–H groups in total. The van der Waals surface area contributed by atoms with Gasteiger partial charge in [-0.25, -0.2) is 49.8 Å². The van der Waals surface area contributed by atoms with Crippen LogP contribution in [0.2, 0.25) is 0 Å². The first-order chi connectivity index (χ1) is 67.3. The van der Waals surface area contributed by atoms with E-state index in [1.165, 1.54) is 0 Å². The highest BCUT2D eigenvalue weighted by Crippen LogP contribution is 2.46. The Bertz CT molecular complexity index is 7920. The summed E-state index contributed by atoms with van der Waals surface area (Å²) in [6, 6.07) is 137. The van der Waals surface area contributed by atoms with E-state index in [4.69, 9.17) is 68.8 Å². The summed E-state index contributed by atoms with van der Waals surface area (Å²) in [5, 5.41) is 2.81. The molecule has 0 unspecified atom stereocenters. The highest BCUT2D eigenvalue weighted by Gasteiger charge is 2.28. The van der Waals surface area contributed by atoms with E-state index >= 15 is 0 Å². The number of fused-ring (bicyclic) bond motifs is 20. The monoisotopic (exact) mass is 1750 g/mol. The lowest BCUT2D eigenvalue weighted by Crippen LogP contribution is -1.88. The van der Waals surface area contributed by atoms with E-state index in [1.807, 2.05) is 315 Å². The average molecular weight is 1760 g/mol. The number of nitrogens with one attached hydrogen (secondary N) is 6. The Kier molecular flexibility index (Phi) is 19.6. The lowest BCUT2D eigenvalue weighted by atomic mass is 10.1. The smallest absolute Gasteiger partial charge is 0.164 e. The largest absolute Gasteiger partial charge is 0.457 e. The SMILES string of the molecule is c1ccc(-c2nc(-c3ccc(Oc4ccc5c(c4)-c4nc-5nc5[nH]c(nc6nc(nc7[nH]c(n4)c4ccc(Oc8ccc(-c9nc(-c%10ccccc%10)c(-c%10ccccc%10)[nH]9)cc8)cc74)-c4ccc(Oc7ccc(-c8nc(-c9ccccc9)c(-c9ccccc9)[nH]8)cc7)cc4-6)c4ccc(Oc6ccc(-c7nc(-c8ccccc8)c(-c8ccccc8)[nH]7)cc6)cc54)cc3)[nH]c2-c2ccccc2)cc1. The average Bonchev–Trinajstić information content (AvgIpc) is 1.59. The topological polar surface area (TPSA) is 261 Å². The molecule has 16 aromatic carbocycles. The van der Waals surface area contributed by atoms with Gasteiger partial charge in [0.25, 0.3) is 0 Å². The summed E-state index contributed by atoms with van der Waals surface area (Å²) in [6.45, 7) is 0. The minimum absolute atomic E-state index is 0.355. The molecule has 0 aliphatic carbocycles. The van der Waals surface area contributed by atoms with Crippen LogP contribution in [0.3, 0.4) is 0 Å². The molecule has 8 bridgehead atoms. The van der Waals surface area contributed by atoms with Gasteiger partial charge in [-0.15, -0.1) is 0 Å². The van der Waals surface area contributed by atoms with Crippen LogP contribution >= 0.6 is 0 Å². The van der Waals surface area contributed by atoms with Crippen LogP contribution in [0.15, 0.2) is 413 Å². The van der Waals surface area contributed by atoms with Gasteiger partial charge in [-0.3, -0.25) is 0 Å². The third-order valence-corrected chi connectivity index (χ3v) is 24.4. The van der Waals surface area contributed by atoms with Crippen molar-refractivity contribution in [3.63, 3.8) is 0 Å². The van der Waals surface area contributed by atoms with E-state index in [0.29, 0.717) is 125 Å². The first kappa shape index (κ1) is 79.1. The summed E-state index contributed by atoms with van der Waals surface area (Å²) < 4.78 is 27.3. The van der Waals surface area contributed by atoms with Crippen molar-refractivity contribution in [2.75, 3.05) is 0 Å². The Labute approximate surface area is 777 Å². The standard InChI is InChI=1S/C116H74N16O4/c1-9-25-69(26-10-1)97-98(70-27-11-2-12-28-70)118-105(117-97)77-41-49-81(50-42-77)133-85-57-61-89-93(65-85)113-125-109(89)130-114-95-67-87(135-83-53-45-79(46-54-83)107-121-101(73-33-17-5-18-34-73)102(122-107)74-35-19-6-20-36-74)59-63-91(95)111(127-114)132-116-96-68-88(136-84-55-47-80(48-56-84)108-123-103(75-37-21-7-22-38-75)104(124-108)76-39-23-8-24-40-76)60-64-92(96)112(128-116)131-115-94-66-86(58-62-90(94)110(126-115)129-113)134-82-51-43-78(44-52-82)106-119-99(71-29-13-3-14-30-71)100(120-106)72-31-15-4-16-32-72/h1-68H,(H,117,118)(H,119,120)(H,121,122)(H,123,124)(H2,125,126,127,128,129,130,131,132). The second-order valence-electron chi connectivity index (χ2n) is 33.1. The molecule has 0 fully saturated rings. The highest BCUT2D eigenvalue weighted by molar-refractivity contribution is 6.07. The molecule has 25 rings (SSSR count). The number of H-pyrrole nitrogens is 6. The van der Waals surface area contributed by atoms with Gasteiger partial charge in [-0.05, 0) is 170 Å². The van der Waals surface area contributed by atoms with Crippen molar-refractivity contribution in [1.82, 2.24) is 79.7 Å². The molecular formula is C116H74N16O4. The number of ether oxygens (including phenoxy) is 4. The number of benzene rings is 16. The minimum atomic E-state index is 0.355. The van der Waals surface area contributed by atoms with Crippen LogP contribution in [0.4, 0.5) is 0 Å². The first-order valence-electron chi connectivity index (χ1n) is 44.6. The fraction of sp³-hybridized carbons (Fsp3) is 0. The van der Waals surface area contributed by atoms with E-state index in [2.05, 4.69) is 127 Å². The van der Waals surface area contributed by atoms with Crippen LogP contribution < -0.4 is 18.9 Å². The molecule has 7 aromatic heterocycles. The normalized spacial score (nSPS) is 11.5. The number of rotatable bonds is 20. The molecule has 0 saturated heterocycles. The van der Waals surface area contributed by atoms with Crippen LogP contribution in [0.25, 0.3) is 225 Å². The van der Waals surface area contributed by atoms with Crippen molar-refractivity contribution in [2.45, 2.75) is 0 Å². The summed E-state index contributed by atoms with van der Waals surface area (Å²) >= 11 is 0. The zero-order valence-corrected chi connectivity index (χ0v) is 72.4. The maximum atomic E-state index is 6.84. The Balaban J connectivity index is 0.614. The molecule has 136 heavy (non-hydrogen) atoms. The summed E-state index contributed by atoms with van der Waals surface area (Å²) in [7, 11) is 0. The van der Waals surface area contributed by atoms with Gasteiger partial charge in [0.2, 0.25) is 0 Å². The second kappa shape index (κ2) is 33.8. The van der Waals surface area contributed by atoms with E-state index in [1.54, 1.807) is 0 Å². The van der Waals surface area contributed by atoms with Gasteiger partial charge in [-0.2, -0.15) is 0 Å². The number of aromatic amines is 6. The molecule has 0 saturated carbocycles. The molecule has 0 radical (unpaired) electrons. The third kappa shape index (κ3) is 15.2. The van der Waals surface area contributed by atoms with Crippen molar-refractivity contribution in [3.05, 3.63) is 413 Å². The predicted molar refractivity (Wildman–Crippen MR) is 536 cm³/mol. The molecule has 0 atom stereocenters. The number of imidazole rings is 4. The molecule has 20 nitrogen and oxygen atoms in total. The quantitative estimate of drug-likeness (QED) is 0.0415. The number of nitrogens with zero attached hydrogens (tertiary/aromatic N) is 10. The van der Waals surface area contributed by atoms with Gasteiger partial charge in [0.1, 0.15) is 91.9 Å². The fourth-order valence-electron chi connectivity index (χ4n) is 17.7. The van der Waals surface area contributed by atoms with E-state index < -0.39 is 0 Å². The maximum Gasteiger partial charge on any atom is 0.164 e. The van der Waals surface area contributed by atoms with Crippen molar-refractivity contribution < 1.29 is 18.9 Å². The Morgan fingerprint density at radius 2 is 0.360 bits per heavy atom. The van der Waals surface area contributed by atoms with Gasteiger partial charge in [0.05, 0.1) is 45.6 Å². The number of hydrogen-bond donors (Lipinski definition) is 6. The van der Waals surface area contributed by atoms with Crippen LogP contribution in [0.5, 0.6) is 46.0 Å². The van der Waals surface area contributed by atoms with E-state index in [-0.39, 0.29) is 0 Å². The van der Waals surface area contributed by atoms with Gasteiger partial charge in [0.15, 0.2) is 23.3 Å². The van der Waals surface area contributed by atoms with Crippen LogP contribution in [0, 0.1) is 0 Å². The first-order valence-corrected chi connectivity index (χ1v) is 44.6. The zero-order chi connectivity index (χ0) is 89.9. The van der Waals surface area contributed by atoms with Crippen LogP contribution in [0.1, 0.15) is 0 Å².